The zero-order chi connectivity index (χ0) is 9.31. The van der Waals surface area contributed by atoms with Crippen LogP contribution in [0.25, 0.3) is 0 Å². The van der Waals surface area contributed by atoms with E-state index in [1.165, 1.54) is 43.6 Å². The van der Waals surface area contributed by atoms with Crippen molar-refractivity contribution in [3.63, 3.8) is 0 Å². The molecule has 1 nitrogen and oxygen atoms in total. The Hall–Kier alpha value is 0.310. The van der Waals surface area contributed by atoms with Gasteiger partial charge in [0, 0.05) is 5.54 Å². The molecule has 76 valence electrons. The maximum absolute atomic E-state index is 6.47. The molecule has 0 aromatic heterocycles. The second kappa shape index (κ2) is 3.82. The number of hydrogen-bond donors (Lipinski definition) is 1. The molecule has 0 radical (unpaired) electrons. The molecule has 13 heavy (non-hydrogen) atoms. The molecule has 0 spiro atoms. The summed E-state index contributed by atoms with van der Waals surface area (Å²) in [6.45, 7) is 2.23. The van der Waals surface area contributed by atoms with E-state index in [0.717, 1.165) is 11.8 Å². The summed E-state index contributed by atoms with van der Waals surface area (Å²) in [6, 6.07) is 0. The Morgan fingerprint density at radius 3 is 2.85 bits per heavy atom. The van der Waals surface area contributed by atoms with Crippen molar-refractivity contribution in [2.45, 2.75) is 44.6 Å². The molecule has 2 heteroatoms. The minimum absolute atomic E-state index is 0.241. The molecule has 2 N–H and O–H groups in total. The fourth-order valence-corrected chi connectivity index (χ4v) is 4.01. The third-order valence-electron chi connectivity index (χ3n) is 3.94. The van der Waals surface area contributed by atoms with Gasteiger partial charge in [0.25, 0.3) is 0 Å². The molecule has 3 unspecified atom stereocenters. The van der Waals surface area contributed by atoms with E-state index in [1.807, 2.05) is 11.8 Å². The van der Waals surface area contributed by atoms with Gasteiger partial charge in [-0.2, -0.15) is 11.8 Å². The molecule has 2 aliphatic rings. The predicted molar refractivity (Wildman–Crippen MR) is 60.0 cm³/mol. The quantitative estimate of drug-likeness (QED) is 0.704. The molecule has 0 aromatic rings. The van der Waals surface area contributed by atoms with E-state index in [4.69, 9.17) is 5.73 Å². The number of rotatable bonds is 4. The summed E-state index contributed by atoms with van der Waals surface area (Å²) in [6.07, 6.45) is 6.89. The van der Waals surface area contributed by atoms with Gasteiger partial charge in [0.1, 0.15) is 0 Å². The highest BCUT2D eigenvalue weighted by Crippen LogP contribution is 2.51. The minimum Gasteiger partial charge on any atom is -0.325 e. The van der Waals surface area contributed by atoms with Gasteiger partial charge in [-0.05, 0) is 49.0 Å². The largest absolute Gasteiger partial charge is 0.325 e. The Labute approximate surface area is 85.8 Å². The lowest BCUT2D eigenvalue weighted by atomic mass is 9.80. The fourth-order valence-electron chi connectivity index (χ4n) is 3.20. The standard InChI is InChI=1S/C11H21NS/c1-2-13-6-5-11(12)8-9-3-4-10(11)7-9/h9-10H,2-8,12H2,1H3. The fraction of sp³-hybridized carbons (Fsp3) is 1.00. The van der Waals surface area contributed by atoms with Crippen LogP contribution in [0.4, 0.5) is 0 Å². The van der Waals surface area contributed by atoms with Gasteiger partial charge >= 0.3 is 0 Å². The topological polar surface area (TPSA) is 26.0 Å². The summed E-state index contributed by atoms with van der Waals surface area (Å²) in [7, 11) is 0. The Balaban J connectivity index is 1.83. The third-order valence-corrected chi connectivity index (χ3v) is 4.84. The van der Waals surface area contributed by atoms with Crippen LogP contribution in [0.15, 0.2) is 0 Å². The highest BCUT2D eigenvalue weighted by Gasteiger charge is 2.47. The van der Waals surface area contributed by atoms with Crippen molar-refractivity contribution in [3.8, 4) is 0 Å². The molecule has 0 aromatic carbocycles. The Bertz CT molecular complexity index is 183. The van der Waals surface area contributed by atoms with E-state index in [2.05, 4.69) is 6.92 Å². The van der Waals surface area contributed by atoms with Crippen molar-refractivity contribution in [2.75, 3.05) is 11.5 Å². The third kappa shape index (κ3) is 1.89. The summed E-state index contributed by atoms with van der Waals surface area (Å²) in [5, 5.41) is 0. The van der Waals surface area contributed by atoms with Crippen molar-refractivity contribution in [1.82, 2.24) is 0 Å². The molecule has 0 heterocycles. The molecular formula is C11H21NS. The smallest absolute Gasteiger partial charge is 0.0193 e. The van der Waals surface area contributed by atoms with Gasteiger partial charge in [0.05, 0.1) is 0 Å². The summed E-state index contributed by atoms with van der Waals surface area (Å²) >= 11 is 2.04. The molecule has 0 saturated heterocycles. The van der Waals surface area contributed by atoms with Crippen LogP contribution in [0, 0.1) is 11.8 Å². The number of thioether (sulfide) groups is 1. The van der Waals surface area contributed by atoms with E-state index < -0.39 is 0 Å². The Kier molecular flexibility index (Phi) is 2.89. The summed E-state index contributed by atoms with van der Waals surface area (Å²) in [5.74, 6) is 4.37. The lowest BCUT2D eigenvalue weighted by molar-refractivity contribution is 0.264. The predicted octanol–water partition coefficient (Wildman–Crippen LogP) is 2.65. The Morgan fingerprint density at radius 1 is 1.46 bits per heavy atom. The van der Waals surface area contributed by atoms with Crippen LogP contribution in [0.3, 0.4) is 0 Å². The van der Waals surface area contributed by atoms with E-state index in [-0.39, 0.29) is 5.54 Å². The average Bonchev–Trinajstić information content (AvgIpc) is 2.64. The van der Waals surface area contributed by atoms with E-state index >= 15 is 0 Å². The summed E-state index contributed by atoms with van der Waals surface area (Å²) in [4.78, 5) is 0. The van der Waals surface area contributed by atoms with Gasteiger partial charge in [-0.25, -0.2) is 0 Å². The van der Waals surface area contributed by atoms with Gasteiger partial charge in [-0.3, -0.25) is 0 Å². The first kappa shape index (κ1) is 9.85. The van der Waals surface area contributed by atoms with Crippen molar-refractivity contribution in [2.24, 2.45) is 17.6 Å². The number of nitrogens with two attached hydrogens (primary N) is 1. The van der Waals surface area contributed by atoms with Crippen molar-refractivity contribution in [1.29, 1.82) is 0 Å². The van der Waals surface area contributed by atoms with Crippen molar-refractivity contribution in [3.05, 3.63) is 0 Å². The van der Waals surface area contributed by atoms with Crippen LogP contribution < -0.4 is 5.73 Å². The summed E-state index contributed by atoms with van der Waals surface area (Å²) < 4.78 is 0. The monoisotopic (exact) mass is 199 g/mol. The highest BCUT2D eigenvalue weighted by molar-refractivity contribution is 7.99. The van der Waals surface area contributed by atoms with Crippen LogP contribution in [-0.4, -0.2) is 17.0 Å². The zero-order valence-corrected chi connectivity index (χ0v) is 9.41. The van der Waals surface area contributed by atoms with Gasteiger partial charge < -0.3 is 5.73 Å². The van der Waals surface area contributed by atoms with Crippen LogP contribution >= 0.6 is 11.8 Å². The molecular weight excluding hydrogens is 178 g/mol. The van der Waals surface area contributed by atoms with Crippen LogP contribution in [0.1, 0.15) is 39.0 Å². The first-order valence-corrected chi connectivity index (χ1v) is 6.76. The molecule has 2 aliphatic carbocycles. The second-order valence-corrected chi connectivity index (χ2v) is 6.15. The number of fused-ring (bicyclic) bond motifs is 2. The summed E-state index contributed by atoms with van der Waals surface area (Å²) in [5.41, 5.74) is 6.71. The second-order valence-electron chi connectivity index (χ2n) is 4.76. The minimum atomic E-state index is 0.241. The van der Waals surface area contributed by atoms with Gasteiger partial charge in [0.2, 0.25) is 0 Å². The van der Waals surface area contributed by atoms with Crippen molar-refractivity contribution < 1.29 is 0 Å². The number of hydrogen-bond acceptors (Lipinski definition) is 2. The van der Waals surface area contributed by atoms with E-state index in [1.54, 1.807) is 0 Å². The highest BCUT2D eigenvalue weighted by atomic mass is 32.2. The Morgan fingerprint density at radius 2 is 2.31 bits per heavy atom. The van der Waals surface area contributed by atoms with Gasteiger partial charge in [0.15, 0.2) is 0 Å². The normalized spacial score (nSPS) is 42.9. The first-order valence-electron chi connectivity index (χ1n) is 5.61. The lowest BCUT2D eigenvalue weighted by Gasteiger charge is -2.33. The SMILES string of the molecule is CCSCCC1(N)CC2CCC1C2. The molecule has 2 saturated carbocycles. The average molecular weight is 199 g/mol. The van der Waals surface area contributed by atoms with Gasteiger partial charge in [-0.15, -0.1) is 0 Å². The van der Waals surface area contributed by atoms with E-state index in [9.17, 15) is 0 Å². The molecule has 0 aliphatic heterocycles. The first-order chi connectivity index (χ1) is 6.24. The molecule has 2 rings (SSSR count). The zero-order valence-electron chi connectivity index (χ0n) is 8.59. The lowest BCUT2D eigenvalue weighted by Crippen LogP contribution is -2.45. The van der Waals surface area contributed by atoms with Crippen LogP contribution in [0.5, 0.6) is 0 Å². The molecule has 2 bridgehead atoms. The van der Waals surface area contributed by atoms with Crippen LogP contribution in [-0.2, 0) is 0 Å². The van der Waals surface area contributed by atoms with Crippen molar-refractivity contribution >= 4 is 11.8 Å². The van der Waals surface area contributed by atoms with Gasteiger partial charge in [-0.1, -0.05) is 13.3 Å². The molecule has 3 atom stereocenters. The maximum Gasteiger partial charge on any atom is 0.0193 e. The van der Waals surface area contributed by atoms with Crippen LogP contribution in [0.2, 0.25) is 0 Å². The molecule has 0 amide bonds. The maximum atomic E-state index is 6.47. The molecule has 2 fully saturated rings. The van der Waals surface area contributed by atoms with E-state index in [0.29, 0.717) is 0 Å².